The SMILES string of the molecule is CCCNC1CCOCC1N1CCC2C(CCCN2C)C1. The standard InChI is InChI=1S/C17H33N3O/c1-3-8-18-15-7-11-21-13-17(15)20-10-6-16-14(12-20)5-4-9-19(16)2/h14-18H,3-13H2,1-2H3. The van der Waals surface area contributed by atoms with Gasteiger partial charge in [0.15, 0.2) is 0 Å². The minimum Gasteiger partial charge on any atom is -0.380 e. The first-order chi connectivity index (χ1) is 10.3. The number of likely N-dealkylation sites (tertiary alicyclic amines) is 2. The normalized spacial score (nSPS) is 39.1. The van der Waals surface area contributed by atoms with Crippen molar-refractivity contribution >= 4 is 0 Å². The summed E-state index contributed by atoms with van der Waals surface area (Å²) in [4.78, 5) is 5.35. The molecule has 0 aromatic carbocycles. The molecule has 4 atom stereocenters. The van der Waals surface area contributed by atoms with Gasteiger partial charge in [0.1, 0.15) is 0 Å². The van der Waals surface area contributed by atoms with E-state index in [9.17, 15) is 0 Å². The average molecular weight is 295 g/mol. The van der Waals surface area contributed by atoms with E-state index in [4.69, 9.17) is 4.74 Å². The highest BCUT2D eigenvalue weighted by Gasteiger charge is 2.39. The summed E-state index contributed by atoms with van der Waals surface area (Å²) in [6.07, 6.45) is 6.54. The van der Waals surface area contributed by atoms with Gasteiger partial charge in [0.05, 0.1) is 6.61 Å². The lowest BCUT2D eigenvalue weighted by molar-refractivity contribution is -0.0412. The first-order valence-corrected chi connectivity index (χ1v) is 9.05. The van der Waals surface area contributed by atoms with E-state index in [2.05, 4.69) is 29.1 Å². The first-order valence-electron chi connectivity index (χ1n) is 9.05. The summed E-state index contributed by atoms with van der Waals surface area (Å²) >= 11 is 0. The molecule has 3 aliphatic heterocycles. The van der Waals surface area contributed by atoms with Crippen molar-refractivity contribution in [3.05, 3.63) is 0 Å². The van der Waals surface area contributed by atoms with Gasteiger partial charge in [-0.2, -0.15) is 0 Å². The van der Waals surface area contributed by atoms with Gasteiger partial charge >= 0.3 is 0 Å². The maximum absolute atomic E-state index is 5.81. The maximum atomic E-state index is 5.81. The lowest BCUT2D eigenvalue weighted by Gasteiger charge is -2.50. The number of nitrogens with one attached hydrogen (secondary N) is 1. The Hall–Kier alpha value is -0.160. The summed E-state index contributed by atoms with van der Waals surface area (Å²) in [5.74, 6) is 0.881. The molecule has 4 nitrogen and oxygen atoms in total. The fraction of sp³-hybridized carbons (Fsp3) is 1.00. The monoisotopic (exact) mass is 295 g/mol. The molecule has 3 saturated heterocycles. The van der Waals surface area contributed by atoms with Crippen LogP contribution in [0.4, 0.5) is 0 Å². The zero-order chi connectivity index (χ0) is 14.7. The summed E-state index contributed by atoms with van der Waals surface area (Å²) in [6.45, 7) is 9.09. The van der Waals surface area contributed by atoms with Crippen LogP contribution in [0.25, 0.3) is 0 Å². The van der Waals surface area contributed by atoms with Gasteiger partial charge in [-0.15, -0.1) is 0 Å². The number of hydrogen-bond acceptors (Lipinski definition) is 4. The maximum Gasteiger partial charge on any atom is 0.0637 e. The highest BCUT2D eigenvalue weighted by Crippen LogP contribution is 2.31. The van der Waals surface area contributed by atoms with E-state index in [0.717, 1.165) is 31.7 Å². The van der Waals surface area contributed by atoms with E-state index in [0.29, 0.717) is 12.1 Å². The molecule has 122 valence electrons. The van der Waals surface area contributed by atoms with Gasteiger partial charge < -0.3 is 15.0 Å². The molecule has 0 amide bonds. The van der Waals surface area contributed by atoms with E-state index in [-0.39, 0.29) is 0 Å². The summed E-state index contributed by atoms with van der Waals surface area (Å²) < 4.78 is 5.81. The molecule has 3 fully saturated rings. The fourth-order valence-electron chi connectivity index (χ4n) is 4.63. The Labute approximate surface area is 130 Å². The summed E-state index contributed by atoms with van der Waals surface area (Å²) in [6, 6.07) is 2.07. The summed E-state index contributed by atoms with van der Waals surface area (Å²) in [5, 5.41) is 3.77. The topological polar surface area (TPSA) is 27.7 Å². The number of fused-ring (bicyclic) bond motifs is 1. The number of hydrogen-bond donors (Lipinski definition) is 1. The largest absolute Gasteiger partial charge is 0.380 e. The van der Waals surface area contributed by atoms with Crippen molar-refractivity contribution in [3.63, 3.8) is 0 Å². The third kappa shape index (κ3) is 3.61. The molecule has 3 aliphatic rings. The molecule has 0 bridgehead atoms. The van der Waals surface area contributed by atoms with E-state index < -0.39 is 0 Å². The van der Waals surface area contributed by atoms with E-state index in [1.165, 1.54) is 51.7 Å². The van der Waals surface area contributed by atoms with Crippen molar-refractivity contribution in [2.75, 3.05) is 46.4 Å². The minimum absolute atomic E-state index is 0.596. The van der Waals surface area contributed by atoms with Crippen LogP contribution in [0.5, 0.6) is 0 Å². The fourth-order valence-corrected chi connectivity index (χ4v) is 4.63. The molecule has 0 saturated carbocycles. The second kappa shape index (κ2) is 7.40. The Morgan fingerprint density at radius 1 is 1.14 bits per heavy atom. The quantitative estimate of drug-likeness (QED) is 0.852. The predicted molar refractivity (Wildman–Crippen MR) is 86.6 cm³/mol. The minimum atomic E-state index is 0.596. The van der Waals surface area contributed by atoms with Crippen LogP contribution in [0, 0.1) is 5.92 Å². The molecule has 4 heteroatoms. The predicted octanol–water partition coefficient (Wildman–Crippen LogP) is 1.56. The van der Waals surface area contributed by atoms with Crippen molar-refractivity contribution in [2.45, 2.75) is 57.2 Å². The van der Waals surface area contributed by atoms with Crippen molar-refractivity contribution in [2.24, 2.45) is 5.92 Å². The van der Waals surface area contributed by atoms with Crippen molar-refractivity contribution in [1.82, 2.24) is 15.1 Å². The van der Waals surface area contributed by atoms with Crippen LogP contribution >= 0.6 is 0 Å². The van der Waals surface area contributed by atoms with Gasteiger partial charge in [0, 0.05) is 37.8 Å². The molecule has 3 heterocycles. The van der Waals surface area contributed by atoms with Gasteiger partial charge in [0.25, 0.3) is 0 Å². The van der Waals surface area contributed by atoms with E-state index in [1.54, 1.807) is 0 Å². The van der Waals surface area contributed by atoms with Crippen molar-refractivity contribution in [3.8, 4) is 0 Å². The Balaban J connectivity index is 1.60. The van der Waals surface area contributed by atoms with Gasteiger partial charge in [-0.05, 0) is 58.2 Å². The second-order valence-electron chi connectivity index (χ2n) is 7.23. The smallest absolute Gasteiger partial charge is 0.0637 e. The van der Waals surface area contributed by atoms with Crippen LogP contribution in [0.1, 0.15) is 39.0 Å². The van der Waals surface area contributed by atoms with Gasteiger partial charge in [0.2, 0.25) is 0 Å². The Kier molecular flexibility index (Phi) is 5.54. The Bertz CT molecular complexity index is 325. The zero-order valence-corrected chi connectivity index (χ0v) is 13.9. The number of nitrogens with zero attached hydrogens (tertiary/aromatic N) is 2. The van der Waals surface area contributed by atoms with Gasteiger partial charge in [-0.1, -0.05) is 6.92 Å². The second-order valence-corrected chi connectivity index (χ2v) is 7.23. The molecular formula is C17H33N3O. The number of ether oxygens (including phenoxy) is 1. The lowest BCUT2D eigenvalue weighted by atomic mass is 9.83. The van der Waals surface area contributed by atoms with E-state index >= 15 is 0 Å². The number of piperidine rings is 2. The molecule has 0 spiro atoms. The summed E-state index contributed by atoms with van der Waals surface area (Å²) in [7, 11) is 2.32. The van der Waals surface area contributed by atoms with Crippen LogP contribution in [-0.4, -0.2) is 74.4 Å². The molecular weight excluding hydrogens is 262 g/mol. The molecule has 0 aromatic rings. The van der Waals surface area contributed by atoms with Gasteiger partial charge in [-0.25, -0.2) is 0 Å². The van der Waals surface area contributed by atoms with Crippen LogP contribution < -0.4 is 5.32 Å². The van der Waals surface area contributed by atoms with Crippen LogP contribution in [0.15, 0.2) is 0 Å². The van der Waals surface area contributed by atoms with Crippen LogP contribution in [0.2, 0.25) is 0 Å². The third-order valence-electron chi connectivity index (χ3n) is 5.83. The molecule has 0 aliphatic carbocycles. The summed E-state index contributed by atoms with van der Waals surface area (Å²) in [5.41, 5.74) is 0. The molecule has 1 N–H and O–H groups in total. The highest BCUT2D eigenvalue weighted by atomic mass is 16.5. The van der Waals surface area contributed by atoms with Crippen molar-refractivity contribution < 1.29 is 4.74 Å². The molecule has 4 unspecified atom stereocenters. The van der Waals surface area contributed by atoms with Crippen LogP contribution in [0.3, 0.4) is 0 Å². The molecule has 3 rings (SSSR count). The molecule has 0 aromatic heterocycles. The average Bonchev–Trinajstić information content (AvgIpc) is 2.53. The highest BCUT2D eigenvalue weighted by molar-refractivity contribution is 4.95. The Morgan fingerprint density at radius 2 is 2.05 bits per heavy atom. The van der Waals surface area contributed by atoms with E-state index in [1.807, 2.05) is 0 Å². The Morgan fingerprint density at radius 3 is 2.90 bits per heavy atom. The van der Waals surface area contributed by atoms with Crippen molar-refractivity contribution in [1.29, 1.82) is 0 Å². The zero-order valence-electron chi connectivity index (χ0n) is 13.9. The first kappa shape index (κ1) is 15.7. The lowest BCUT2D eigenvalue weighted by Crippen LogP contribution is -2.61. The molecule has 21 heavy (non-hydrogen) atoms. The third-order valence-corrected chi connectivity index (χ3v) is 5.83. The van der Waals surface area contributed by atoms with Crippen LogP contribution in [-0.2, 0) is 4.74 Å². The molecule has 0 radical (unpaired) electrons. The number of rotatable bonds is 4. The van der Waals surface area contributed by atoms with Gasteiger partial charge in [-0.3, -0.25) is 4.90 Å².